The third kappa shape index (κ3) is 7.15. The van der Waals surface area contributed by atoms with E-state index in [0.29, 0.717) is 6.04 Å². The Balaban J connectivity index is 2.07. The van der Waals surface area contributed by atoms with Crippen LogP contribution in [0.3, 0.4) is 0 Å². The summed E-state index contributed by atoms with van der Waals surface area (Å²) in [5.41, 5.74) is 6.39. The summed E-state index contributed by atoms with van der Waals surface area (Å²) in [6.45, 7) is 6.07. The van der Waals surface area contributed by atoms with Crippen LogP contribution >= 0.6 is 0 Å². The Morgan fingerprint density at radius 3 is 2.47 bits per heavy atom. The molecule has 1 aliphatic rings. The molecule has 0 amide bonds. The summed E-state index contributed by atoms with van der Waals surface area (Å²) < 4.78 is 0. The quantitative estimate of drug-likeness (QED) is 0.413. The fourth-order valence-corrected chi connectivity index (χ4v) is 3.48. The molecular formula is C18H35N. The predicted molar refractivity (Wildman–Crippen MR) is 86.2 cm³/mol. The molecule has 112 valence electrons. The first kappa shape index (κ1) is 16.8. The second-order valence-corrected chi connectivity index (χ2v) is 6.51. The van der Waals surface area contributed by atoms with Gasteiger partial charge in [-0.1, -0.05) is 57.9 Å². The minimum atomic E-state index is 0.468. The van der Waals surface area contributed by atoms with Crippen LogP contribution in [0.15, 0.2) is 12.7 Å². The number of rotatable bonds is 10. The molecule has 0 bridgehead atoms. The van der Waals surface area contributed by atoms with Crippen LogP contribution in [0.25, 0.3) is 0 Å². The summed E-state index contributed by atoms with van der Waals surface area (Å²) in [5, 5.41) is 0. The van der Waals surface area contributed by atoms with E-state index in [1.807, 2.05) is 6.08 Å². The second kappa shape index (κ2) is 10.5. The monoisotopic (exact) mass is 265 g/mol. The molecule has 0 radical (unpaired) electrons. The smallest absolute Gasteiger partial charge is 0.00671 e. The predicted octanol–water partition coefficient (Wildman–Crippen LogP) is 5.45. The normalized spacial score (nSPS) is 25.2. The fourth-order valence-electron chi connectivity index (χ4n) is 3.48. The van der Waals surface area contributed by atoms with Crippen LogP contribution in [0.2, 0.25) is 0 Å². The Bertz CT molecular complexity index is 216. The van der Waals surface area contributed by atoms with Crippen molar-refractivity contribution in [1.29, 1.82) is 0 Å². The van der Waals surface area contributed by atoms with E-state index < -0.39 is 0 Å². The van der Waals surface area contributed by atoms with Crippen molar-refractivity contribution in [3.05, 3.63) is 12.7 Å². The molecule has 0 aromatic carbocycles. The zero-order valence-electron chi connectivity index (χ0n) is 13.1. The van der Waals surface area contributed by atoms with Gasteiger partial charge in [-0.15, -0.1) is 6.58 Å². The lowest BCUT2D eigenvalue weighted by molar-refractivity contribution is 0.224. The number of hydrogen-bond donors (Lipinski definition) is 1. The van der Waals surface area contributed by atoms with Gasteiger partial charge in [0.2, 0.25) is 0 Å². The summed E-state index contributed by atoms with van der Waals surface area (Å²) in [6, 6.07) is 0.468. The molecular weight excluding hydrogens is 230 g/mol. The molecule has 2 N–H and O–H groups in total. The first-order chi connectivity index (χ1) is 9.27. The lowest BCUT2D eigenvalue weighted by Gasteiger charge is -2.32. The number of hydrogen-bond acceptors (Lipinski definition) is 1. The zero-order valence-corrected chi connectivity index (χ0v) is 13.1. The van der Waals surface area contributed by atoms with Crippen molar-refractivity contribution in [2.24, 2.45) is 17.6 Å². The zero-order chi connectivity index (χ0) is 13.9. The first-order valence-electron chi connectivity index (χ1n) is 8.64. The molecule has 0 spiro atoms. The van der Waals surface area contributed by atoms with Gasteiger partial charge >= 0.3 is 0 Å². The van der Waals surface area contributed by atoms with Crippen LogP contribution in [-0.2, 0) is 0 Å². The Hall–Kier alpha value is -0.300. The standard InChI is InChI=1S/C18H35N/c1-3-5-7-8-9-11-18(19)17-14-12-16(13-15-17)10-6-4-2/h3,16-18H,1,4-15,19H2,2H3. The van der Waals surface area contributed by atoms with Gasteiger partial charge in [-0.3, -0.25) is 0 Å². The molecule has 1 rings (SSSR count). The topological polar surface area (TPSA) is 26.0 Å². The molecule has 1 heteroatoms. The van der Waals surface area contributed by atoms with E-state index >= 15 is 0 Å². The average molecular weight is 265 g/mol. The average Bonchev–Trinajstić information content (AvgIpc) is 2.45. The molecule has 1 atom stereocenters. The highest BCUT2D eigenvalue weighted by molar-refractivity contribution is 4.80. The highest BCUT2D eigenvalue weighted by atomic mass is 14.6. The molecule has 1 nitrogen and oxygen atoms in total. The molecule has 0 aliphatic heterocycles. The maximum atomic E-state index is 6.39. The van der Waals surface area contributed by atoms with Gasteiger partial charge < -0.3 is 5.73 Å². The van der Waals surface area contributed by atoms with Crippen LogP contribution in [-0.4, -0.2) is 6.04 Å². The molecule has 0 heterocycles. The lowest BCUT2D eigenvalue weighted by atomic mass is 9.76. The van der Waals surface area contributed by atoms with E-state index in [9.17, 15) is 0 Å². The fraction of sp³-hybridized carbons (Fsp3) is 0.889. The number of nitrogens with two attached hydrogens (primary N) is 1. The van der Waals surface area contributed by atoms with Gasteiger partial charge in [0, 0.05) is 6.04 Å². The van der Waals surface area contributed by atoms with Gasteiger partial charge in [-0.25, -0.2) is 0 Å². The van der Waals surface area contributed by atoms with Gasteiger partial charge in [-0.2, -0.15) is 0 Å². The van der Waals surface area contributed by atoms with E-state index in [1.165, 1.54) is 70.6 Å². The lowest BCUT2D eigenvalue weighted by Crippen LogP contribution is -2.33. The van der Waals surface area contributed by atoms with Crippen molar-refractivity contribution in [2.45, 2.75) is 90.0 Å². The Kier molecular flexibility index (Phi) is 9.24. The molecule has 0 aromatic rings. The van der Waals surface area contributed by atoms with E-state index in [4.69, 9.17) is 5.73 Å². The van der Waals surface area contributed by atoms with Crippen molar-refractivity contribution in [3.63, 3.8) is 0 Å². The third-order valence-corrected chi connectivity index (χ3v) is 4.91. The molecule has 1 saturated carbocycles. The summed E-state index contributed by atoms with van der Waals surface area (Å²) in [5.74, 6) is 1.83. The van der Waals surface area contributed by atoms with E-state index in [1.54, 1.807) is 0 Å². The Morgan fingerprint density at radius 2 is 1.84 bits per heavy atom. The van der Waals surface area contributed by atoms with Gasteiger partial charge in [0.25, 0.3) is 0 Å². The van der Waals surface area contributed by atoms with Crippen LogP contribution in [0.4, 0.5) is 0 Å². The summed E-state index contributed by atoms with van der Waals surface area (Å²) in [6.07, 6.45) is 18.2. The first-order valence-corrected chi connectivity index (χ1v) is 8.64. The van der Waals surface area contributed by atoms with E-state index in [-0.39, 0.29) is 0 Å². The van der Waals surface area contributed by atoms with Gasteiger partial charge in [0.1, 0.15) is 0 Å². The minimum Gasteiger partial charge on any atom is -0.327 e. The van der Waals surface area contributed by atoms with Gasteiger partial charge in [-0.05, 0) is 43.9 Å². The van der Waals surface area contributed by atoms with Gasteiger partial charge in [0.05, 0.1) is 0 Å². The minimum absolute atomic E-state index is 0.468. The maximum Gasteiger partial charge on any atom is 0.00671 e. The summed E-state index contributed by atoms with van der Waals surface area (Å²) in [4.78, 5) is 0. The highest BCUT2D eigenvalue weighted by Gasteiger charge is 2.24. The second-order valence-electron chi connectivity index (χ2n) is 6.51. The molecule has 1 unspecified atom stereocenters. The van der Waals surface area contributed by atoms with Crippen LogP contribution in [0.5, 0.6) is 0 Å². The SMILES string of the molecule is C=CCCCCCC(N)C1CCC(CCCC)CC1. The van der Waals surface area contributed by atoms with Crippen molar-refractivity contribution < 1.29 is 0 Å². The largest absolute Gasteiger partial charge is 0.327 e. The molecule has 19 heavy (non-hydrogen) atoms. The summed E-state index contributed by atoms with van der Waals surface area (Å²) >= 11 is 0. The van der Waals surface area contributed by atoms with Crippen molar-refractivity contribution >= 4 is 0 Å². The van der Waals surface area contributed by atoms with E-state index in [2.05, 4.69) is 13.5 Å². The molecule has 0 saturated heterocycles. The van der Waals surface area contributed by atoms with Crippen LogP contribution < -0.4 is 5.73 Å². The van der Waals surface area contributed by atoms with E-state index in [0.717, 1.165) is 18.3 Å². The molecule has 0 aromatic heterocycles. The molecule has 1 aliphatic carbocycles. The Morgan fingerprint density at radius 1 is 1.11 bits per heavy atom. The van der Waals surface area contributed by atoms with Crippen molar-refractivity contribution in [3.8, 4) is 0 Å². The van der Waals surface area contributed by atoms with Gasteiger partial charge in [0.15, 0.2) is 0 Å². The van der Waals surface area contributed by atoms with Crippen molar-refractivity contribution in [2.75, 3.05) is 0 Å². The number of unbranched alkanes of at least 4 members (excludes halogenated alkanes) is 4. The van der Waals surface area contributed by atoms with Crippen LogP contribution in [0, 0.1) is 11.8 Å². The maximum absolute atomic E-state index is 6.39. The number of allylic oxidation sites excluding steroid dienone is 1. The van der Waals surface area contributed by atoms with Crippen molar-refractivity contribution in [1.82, 2.24) is 0 Å². The highest BCUT2D eigenvalue weighted by Crippen LogP contribution is 2.34. The third-order valence-electron chi connectivity index (χ3n) is 4.91. The van der Waals surface area contributed by atoms with Crippen LogP contribution in [0.1, 0.15) is 84.0 Å². The Labute approximate surface area is 121 Å². The molecule has 1 fully saturated rings. The summed E-state index contributed by atoms with van der Waals surface area (Å²) in [7, 11) is 0.